The smallest absolute Gasteiger partial charge is 0.123 e. The maximum Gasteiger partial charge on any atom is 0.123 e. The minimum Gasteiger partial charge on any atom is -0.373 e. The molecule has 0 radical (unpaired) electrons. The van der Waals surface area contributed by atoms with E-state index in [0.717, 1.165) is 25.0 Å². The van der Waals surface area contributed by atoms with Gasteiger partial charge in [0.2, 0.25) is 0 Å². The van der Waals surface area contributed by atoms with Gasteiger partial charge in [-0.05, 0) is 30.5 Å². The molecule has 2 atom stereocenters. The van der Waals surface area contributed by atoms with Crippen molar-refractivity contribution in [3.63, 3.8) is 0 Å². The monoisotopic (exact) mass is 228 g/mol. The van der Waals surface area contributed by atoms with Crippen LogP contribution in [0.2, 0.25) is 0 Å². The summed E-state index contributed by atoms with van der Waals surface area (Å²) >= 11 is 5.90. The molecule has 1 heterocycles. The van der Waals surface area contributed by atoms with Crippen molar-refractivity contribution >= 4 is 11.6 Å². The third kappa shape index (κ3) is 2.50. The standard InChI is InChI=1S/C12H14ClFO/c13-8-10-2-1-7-15-12(10)9-3-5-11(14)6-4-9/h3-6,10,12H,1-2,7-8H2. The fraction of sp³-hybridized carbons (Fsp3) is 0.500. The van der Waals surface area contributed by atoms with Crippen LogP contribution in [0.4, 0.5) is 4.39 Å². The summed E-state index contributed by atoms with van der Waals surface area (Å²) in [5.74, 6) is 0.741. The quantitative estimate of drug-likeness (QED) is 0.704. The Morgan fingerprint density at radius 1 is 1.33 bits per heavy atom. The normalized spacial score (nSPS) is 26.5. The van der Waals surface area contributed by atoms with Crippen molar-refractivity contribution in [2.45, 2.75) is 18.9 Å². The SMILES string of the molecule is Fc1ccc(C2OCCCC2CCl)cc1. The first kappa shape index (κ1) is 10.9. The highest BCUT2D eigenvalue weighted by atomic mass is 35.5. The Hall–Kier alpha value is -0.600. The summed E-state index contributed by atoms with van der Waals surface area (Å²) in [5.41, 5.74) is 1.03. The average molecular weight is 229 g/mol. The van der Waals surface area contributed by atoms with Crippen LogP contribution in [-0.2, 0) is 4.74 Å². The number of benzene rings is 1. The number of hydrogen-bond acceptors (Lipinski definition) is 1. The van der Waals surface area contributed by atoms with Gasteiger partial charge in [-0.15, -0.1) is 11.6 Å². The molecular weight excluding hydrogens is 215 g/mol. The van der Waals surface area contributed by atoms with E-state index in [9.17, 15) is 4.39 Å². The molecule has 0 spiro atoms. The summed E-state index contributed by atoms with van der Waals surface area (Å²) in [5, 5.41) is 0. The van der Waals surface area contributed by atoms with Crippen LogP contribution in [0, 0.1) is 11.7 Å². The zero-order chi connectivity index (χ0) is 10.7. The molecule has 1 aliphatic rings. The lowest BCUT2D eigenvalue weighted by molar-refractivity contribution is -0.0208. The predicted octanol–water partition coefficient (Wildman–Crippen LogP) is 3.53. The van der Waals surface area contributed by atoms with Crippen LogP contribution in [-0.4, -0.2) is 12.5 Å². The zero-order valence-electron chi connectivity index (χ0n) is 8.46. The highest BCUT2D eigenvalue weighted by Crippen LogP contribution is 2.34. The van der Waals surface area contributed by atoms with Crippen molar-refractivity contribution < 1.29 is 9.13 Å². The second-order valence-corrected chi connectivity index (χ2v) is 4.21. The van der Waals surface area contributed by atoms with E-state index < -0.39 is 0 Å². The molecule has 0 amide bonds. The maximum absolute atomic E-state index is 12.8. The van der Waals surface area contributed by atoms with Gasteiger partial charge in [0.15, 0.2) is 0 Å². The van der Waals surface area contributed by atoms with Crippen LogP contribution >= 0.6 is 11.6 Å². The molecule has 1 fully saturated rings. The molecule has 1 aromatic carbocycles. The Balaban J connectivity index is 2.16. The fourth-order valence-corrected chi connectivity index (χ4v) is 2.34. The average Bonchev–Trinajstić information content (AvgIpc) is 2.30. The third-order valence-electron chi connectivity index (χ3n) is 2.84. The van der Waals surface area contributed by atoms with Gasteiger partial charge >= 0.3 is 0 Å². The first-order valence-electron chi connectivity index (χ1n) is 5.24. The van der Waals surface area contributed by atoms with Gasteiger partial charge in [0.25, 0.3) is 0 Å². The van der Waals surface area contributed by atoms with Crippen LogP contribution in [0.3, 0.4) is 0 Å². The maximum atomic E-state index is 12.8. The molecule has 1 nitrogen and oxygen atoms in total. The van der Waals surface area contributed by atoms with Gasteiger partial charge < -0.3 is 4.74 Å². The molecule has 3 heteroatoms. The first-order chi connectivity index (χ1) is 7.31. The Bertz CT molecular complexity index is 312. The Labute approximate surface area is 94.2 Å². The van der Waals surface area contributed by atoms with Gasteiger partial charge in [0.1, 0.15) is 5.82 Å². The molecule has 0 bridgehead atoms. The topological polar surface area (TPSA) is 9.23 Å². The van der Waals surface area contributed by atoms with E-state index in [1.165, 1.54) is 12.1 Å². The van der Waals surface area contributed by atoms with Crippen molar-refractivity contribution in [1.82, 2.24) is 0 Å². The Morgan fingerprint density at radius 2 is 2.07 bits per heavy atom. The number of hydrogen-bond donors (Lipinski definition) is 0. The molecule has 1 aromatic rings. The lowest BCUT2D eigenvalue weighted by atomic mass is 9.91. The molecule has 82 valence electrons. The number of ether oxygens (including phenoxy) is 1. The molecule has 1 saturated heterocycles. The van der Waals surface area contributed by atoms with E-state index in [4.69, 9.17) is 16.3 Å². The molecular formula is C12H14ClFO. The van der Waals surface area contributed by atoms with Crippen LogP contribution in [0.1, 0.15) is 24.5 Å². The Kier molecular flexibility index (Phi) is 3.60. The van der Waals surface area contributed by atoms with Gasteiger partial charge in [0, 0.05) is 18.4 Å². The summed E-state index contributed by atoms with van der Waals surface area (Å²) in [4.78, 5) is 0. The molecule has 0 aliphatic carbocycles. The van der Waals surface area contributed by atoms with E-state index in [2.05, 4.69) is 0 Å². The molecule has 2 rings (SSSR count). The summed E-state index contributed by atoms with van der Waals surface area (Å²) in [6.45, 7) is 0.773. The summed E-state index contributed by atoms with van der Waals surface area (Å²) in [6.07, 6.45) is 2.19. The molecule has 2 unspecified atom stereocenters. The van der Waals surface area contributed by atoms with Crippen molar-refractivity contribution in [2.75, 3.05) is 12.5 Å². The van der Waals surface area contributed by atoms with Crippen molar-refractivity contribution in [3.05, 3.63) is 35.6 Å². The second kappa shape index (κ2) is 4.95. The van der Waals surface area contributed by atoms with Crippen LogP contribution in [0.5, 0.6) is 0 Å². The third-order valence-corrected chi connectivity index (χ3v) is 3.24. The largest absolute Gasteiger partial charge is 0.373 e. The van der Waals surface area contributed by atoms with E-state index >= 15 is 0 Å². The van der Waals surface area contributed by atoms with E-state index in [-0.39, 0.29) is 11.9 Å². The fourth-order valence-electron chi connectivity index (χ4n) is 2.02. The molecule has 1 aliphatic heterocycles. The van der Waals surface area contributed by atoms with Crippen LogP contribution < -0.4 is 0 Å². The summed E-state index contributed by atoms with van der Waals surface area (Å²) in [7, 11) is 0. The van der Waals surface area contributed by atoms with Crippen LogP contribution in [0.15, 0.2) is 24.3 Å². The highest BCUT2D eigenvalue weighted by Gasteiger charge is 2.26. The second-order valence-electron chi connectivity index (χ2n) is 3.90. The molecule has 15 heavy (non-hydrogen) atoms. The number of rotatable bonds is 2. The van der Waals surface area contributed by atoms with Gasteiger partial charge in [-0.1, -0.05) is 12.1 Å². The van der Waals surface area contributed by atoms with Gasteiger partial charge in [-0.3, -0.25) is 0 Å². The van der Waals surface area contributed by atoms with Crippen LogP contribution in [0.25, 0.3) is 0 Å². The highest BCUT2D eigenvalue weighted by molar-refractivity contribution is 6.18. The molecule has 0 aromatic heterocycles. The first-order valence-corrected chi connectivity index (χ1v) is 5.78. The van der Waals surface area contributed by atoms with E-state index in [1.54, 1.807) is 12.1 Å². The lowest BCUT2D eigenvalue weighted by Crippen LogP contribution is -2.23. The van der Waals surface area contributed by atoms with Crippen molar-refractivity contribution in [2.24, 2.45) is 5.92 Å². The Morgan fingerprint density at radius 3 is 2.73 bits per heavy atom. The van der Waals surface area contributed by atoms with E-state index in [1.807, 2.05) is 0 Å². The summed E-state index contributed by atoms with van der Waals surface area (Å²) in [6, 6.07) is 6.51. The predicted molar refractivity (Wildman–Crippen MR) is 58.5 cm³/mol. The van der Waals surface area contributed by atoms with Crippen molar-refractivity contribution in [3.8, 4) is 0 Å². The molecule has 0 N–H and O–H groups in total. The summed E-state index contributed by atoms with van der Waals surface area (Å²) < 4.78 is 18.5. The number of alkyl halides is 1. The zero-order valence-corrected chi connectivity index (χ0v) is 9.21. The lowest BCUT2D eigenvalue weighted by Gasteiger charge is -2.30. The van der Waals surface area contributed by atoms with E-state index in [0.29, 0.717) is 11.8 Å². The minimum absolute atomic E-state index is 0.0387. The minimum atomic E-state index is -0.211. The van der Waals surface area contributed by atoms with Crippen molar-refractivity contribution in [1.29, 1.82) is 0 Å². The van der Waals surface area contributed by atoms with Gasteiger partial charge in [0.05, 0.1) is 6.10 Å². The number of halogens is 2. The molecule has 0 saturated carbocycles. The van der Waals surface area contributed by atoms with Gasteiger partial charge in [-0.25, -0.2) is 4.39 Å². The van der Waals surface area contributed by atoms with Gasteiger partial charge in [-0.2, -0.15) is 0 Å².